The first kappa shape index (κ1) is 20.5. The lowest BCUT2D eigenvalue weighted by atomic mass is 10.2. The molecule has 1 saturated heterocycles. The summed E-state index contributed by atoms with van der Waals surface area (Å²) >= 11 is 0. The van der Waals surface area contributed by atoms with E-state index >= 15 is 0 Å². The summed E-state index contributed by atoms with van der Waals surface area (Å²) in [5, 5.41) is 8.43. The van der Waals surface area contributed by atoms with E-state index in [1.165, 1.54) is 19.2 Å². The number of methoxy groups -OCH3 is 1. The largest absolute Gasteiger partial charge is 0.494 e. The number of nitrogens with one attached hydrogen (secondary N) is 3. The minimum absolute atomic E-state index is 0.00902. The summed E-state index contributed by atoms with van der Waals surface area (Å²) in [6.45, 7) is 4.84. The number of likely N-dealkylation sites (N-methyl/N-ethyl adjacent to an activating group) is 1. The van der Waals surface area contributed by atoms with Gasteiger partial charge >= 0.3 is 6.03 Å². The Bertz CT molecular complexity index is 866. The van der Waals surface area contributed by atoms with Gasteiger partial charge in [-0.25, -0.2) is 9.18 Å². The fourth-order valence-electron chi connectivity index (χ4n) is 3.30. The summed E-state index contributed by atoms with van der Waals surface area (Å²) in [6.07, 6.45) is 2.25. The molecule has 1 aromatic carbocycles. The van der Waals surface area contributed by atoms with Gasteiger partial charge in [0.2, 0.25) is 17.8 Å². The van der Waals surface area contributed by atoms with Crippen LogP contribution in [0.25, 0.3) is 0 Å². The van der Waals surface area contributed by atoms with E-state index in [1.807, 2.05) is 0 Å². The Labute approximate surface area is 168 Å². The number of likely N-dealkylation sites (tertiary alicyclic amines) is 1. The van der Waals surface area contributed by atoms with Gasteiger partial charge in [-0.2, -0.15) is 15.0 Å². The molecule has 1 unspecified atom stereocenters. The van der Waals surface area contributed by atoms with Crippen molar-refractivity contribution in [3.05, 3.63) is 24.0 Å². The molecule has 2 aromatic rings. The van der Waals surface area contributed by atoms with Crippen molar-refractivity contribution in [3.63, 3.8) is 0 Å². The molecule has 11 heteroatoms. The second kappa shape index (κ2) is 9.32. The molecule has 10 nitrogen and oxygen atoms in total. The molecule has 156 valence electrons. The molecule has 1 aliphatic rings. The van der Waals surface area contributed by atoms with Crippen molar-refractivity contribution in [2.24, 2.45) is 5.73 Å². The van der Waals surface area contributed by atoms with Crippen LogP contribution in [0.2, 0.25) is 0 Å². The standard InChI is InChI=1S/C18H25FN8O2/c1-3-27-8-4-5-12(27)10-21-16-24-17(26-18(25-16)23-15(20)28)22-11-6-7-14(29-2)13(19)9-11/h6-7,9,12H,3-5,8,10H2,1-2H3,(H5,20,21,22,23,24,25,26,28). The lowest BCUT2D eigenvalue weighted by Gasteiger charge is -2.23. The molecule has 1 aromatic heterocycles. The molecule has 5 N–H and O–H groups in total. The van der Waals surface area contributed by atoms with Crippen LogP contribution in [-0.4, -0.2) is 58.7 Å². The summed E-state index contributed by atoms with van der Waals surface area (Å²) in [5.41, 5.74) is 5.59. The summed E-state index contributed by atoms with van der Waals surface area (Å²) < 4.78 is 18.9. The van der Waals surface area contributed by atoms with Crippen LogP contribution >= 0.6 is 0 Å². The monoisotopic (exact) mass is 404 g/mol. The van der Waals surface area contributed by atoms with Gasteiger partial charge in [-0.1, -0.05) is 6.92 Å². The molecule has 0 radical (unpaired) electrons. The van der Waals surface area contributed by atoms with Gasteiger partial charge in [0.15, 0.2) is 11.6 Å². The number of primary amides is 1. The Hall–Kier alpha value is -3.21. The molecule has 0 spiro atoms. The third kappa shape index (κ3) is 5.41. The predicted octanol–water partition coefficient (Wildman–Crippen LogP) is 2.15. The van der Waals surface area contributed by atoms with Gasteiger partial charge in [0.1, 0.15) is 0 Å². The zero-order valence-electron chi connectivity index (χ0n) is 16.4. The highest BCUT2D eigenvalue weighted by Gasteiger charge is 2.23. The Balaban J connectivity index is 1.77. The molecule has 3 rings (SSSR count). The van der Waals surface area contributed by atoms with Crippen molar-refractivity contribution in [3.8, 4) is 5.75 Å². The van der Waals surface area contributed by atoms with Crippen molar-refractivity contribution in [2.45, 2.75) is 25.8 Å². The normalized spacial score (nSPS) is 16.4. The van der Waals surface area contributed by atoms with Crippen LogP contribution in [0.1, 0.15) is 19.8 Å². The lowest BCUT2D eigenvalue weighted by Crippen LogP contribution is -2.35. The van der Waals surface area contributed by atoms with Crippen LogP contribution in [0.15, 0.2) is 18.2 Å². The van der Waals surface area contributed by atoms with E-state index in [9.17, 15) is 9.18 Å². The molecule has 0 saturated carbocycles. The van der Waals surface area contributed by atoms with E-state index < -0.39 is 11.8 Å². The molecule has 0 bridgehead atoms. The Kier molecular flexibility index (Phi) is 6.60. The maximum Gasteiger partial charge on any atom is 0.319 e. The van der Waals surface area contributed by atoms with E-state index in [0.717, 1.165) is 25.9 Å². The van der Waals surface area contributed by atoms with Crippen LogP contribution < -0.4 is 26.4 Å². The number of anilines is 4. The number of nitrogens with two attached hydrogens (primary N) is 1. The average Bonchev–Trinajstić information content (AvgIpc) is 3.13. The SMILES string of the molecule is CCN1CCCC1CNc1nc(NC(N)=O)nc(Nc2ccc(OC)c(F)c2)n1. The van der Waals surface area contributed by atoms with E-state index in [0.29, 0.717) is 18.3 Å². The molecule has 0 aliphatic carbocycles. The van der Waals surface area contributed by atoms with Crippen LogP contribution in [0.5, 0.6) is 5.75 Å². The molecular weight excluding hydrogens is 379 g/mol. The Morgan fingerprint density at radius 1 is 1.31 bits per heavy atom. The second-order valence-corrected chi connectivity index (χ2v) is 6.58. The number of rotatable bonds is 8. The Morgan fingerprint density at radius 3 is 2.76 bits per heavy atom. The van der Waals surface area contributed by atoms with Crippen LogP contribution in [0.3, 0.4) is 0 Å². The van der Waals surface area contributed by atoms with E-state index in [-0.39, 0.29) is 23.6 Å². The fourth-order valence-corrected chi connectivity index (χ4v) is 3.30. The minimum Gasteiger partial charge on any atom is -0.494 e. The van der Waals surface area contributed by atoms with Crippen molar-refractivity contribution in [1.29, 1.82) is 0 Å². The summed E-state index contributed by atoms with van der Waals surface area (Å²) in [4.78, 5) is 26.2. The highest BCUT2D eigenvalue weighted by molar-refractivity contribution is 5.86. The summed E-state index contributed by atoms with van der Waals surface area (Å²) in [5.74, 6) is 0.00554. The third-order valence-electron chi connectivity index (χ3n) is 4.68. The highest BCUT2D eigenvalue weighted by Crippen LogP contribution is 2.23. The molecule has 2 amide bonds. The van der Waals surface area contributed by atoms with Gasteiger partial charge in [-0.3, -0.25) is 10.2 Å². The van der Waals surface area contributed by atoms with Crippen molar-refractivity contribution >= 4 is 29.6 Å². The zero-order chi connectivity index (χ0) is 20.8. The minimum atomic E-state index is -0.795. The molecule has 1 atom stereocenters. The Morgan fingerprint density at radius 2 is 2.07 bits per heavy atom. The fraction of sp³-hybridized carbons (Fsp3) is 0.444. The van der Waals surface area contributed by atoms with Crippen molar-refractivity contribution < 1.29 is 13.9 Å². The molecule has 1 fully saturated rings. The third-order valence-corrected chi connectivity index (χ3v) is 4.68. The number of urea groups is 1. The topological polar surface area (TPSA) is 130 Å². The van der Waals surface area contributed by atoms with Crippen LogP contribution in [0.4, 0.5) is 32.7 Å². The number of ether oxygens (including phenoxy) is 1. The predicted molar refractivity (Wildman–Crippen MR) is 108 cm³/mol. The van der Waals surface area contributed by atoms with Gasteiger partial charge in [-0.15, -0.1) is 0 Å². The van der Waals surface area contributed by atoms with Crippen molar-refractivity contribution in [2.75, 3.05) is 42.7 Å². The molecular formula is C18H25FN8O2. The van der Waals surface area contributed by atoms with Crippen LogP contribution in [0, 0.1) is 5.82 Å². The lowest BCUT2D eigenvalue weighted by molar-refractivity contribution is 0.259. The quantitative estimate of drug-likeness (QED) is 0.526. The maximum atomic E-state index is 13.9. The van der Waals surface area contributed by atoms with Gasteiger partial charge in [-0.05, 0) is 38.1 Å². The van der Waals surface area contributed by atoms with Crippen LogP contribution in [-0.2, 0) is 0 Å². The van der Waals surface area contributed by atoms with Gasteiger partial charge in [0.05, 0.1) is 7.11 Å². The molecule has 29 heavy (non-hydrogen) atoms. The number of hydrogen-bond acceptors (Lipinski definition) is 8. The summed E-state index contributed by atoms with van der Waals surface area (Å²) in [7, 11) is 1.39. The number of carbonyl (C=O) groups excluding carboxylic acids is 1. The first-order chi connectivity index (χ1) is 14.0. The second-order valence-electron chi connectivity index (χ2n) is 6.58. The van der Waals surface area contributed by atoms with E-state index in [1.54, 1.807) is 6.07 Å². The van der Waals surface area contributed by atoms with Crippen molar-refractivity contribution in [1.82, 2.24) is 19.9 Å². The number of benzene rings is 1. The first-order valence-electron chi connectivity index (χ1n) is 9.39. The number of aromatic nitrogens is 3. The number of halogens is 1. The first-order valence-corrected chi connectivity index (χ1v) is 9.39. The van der Waals surface area contributed by atoms with E-state index in [4.69, 9.17) is 10.5 Å². The number of carbonyl (C=O) groups is 1. The van der Waals surface area contributed by atoms with Gasteiger partial charge in [0.25, 0.3) is 0 Å². The number of nitrogens with zero attached hydrogens (tertiary/aromatic N) is 4. The highest BCUT2D eigenvalue weighted by atomic mass is 19.1. The van der Waals surface area contributed by atoms with Gasteiger partial charge < -0.3 is 21.1 Å². The summed E-state index contributed by atoms with van der Waals surface area (Å²) in [6, 6.07) is 3.96. The number of hydrogen-bond donors (Lipinski definition) is 4. The molecule has 1 aliphatic heterocycles. The average molecular weight is 404 g/mol. The zero-order valence-corrected chi connectivity index (χ0v) is 16.4. The van der Waals surface area contributed by atoms with Gasteiger partial charge in [0, 0.05) is 24.3 Å². The number of amides is 2. The maximum absolute atomic E-state index is 13.9. The smallest absolute Gasteiger partial charge is 0.319 e. The molecule has 2 heterocycles. The van der Waals surface area contributed by atoms with E-state index in [2.05, 4.69) is 42.7 Å².